The lowest BCUT2D eigenvalue weighted by Crippen LogP contribution is -2.60. The standard InChI is InChI=1S/C28H33N3O2/c1-19(11-26(32)29-28-16-21-12-22(17-28)14-23(13-21)18-28)30-31-27(33)15-20-7-9-25(10-8-20)24-5-3-2-4-6-24/h2-10,21-23H,11-18H2,1H3,(H,29,32)(H,31,33)/b30-19+. The Hall–Kier alpha value is -2.95. The molecule has 4 saturated carbocycles. The molecule has 2 amide bonds. The lowest BCUT2D eigenvalue weighted by molar-refractivity contribution is -0.125. The maximum absolute atomic E-state index is 12.7. The quantitative estimate of drug-likeness (QED) is 0.474. The molecule has 172 valence electrons. The highest BCUT2D eigenvalue weighted by molar-refractivity contribution is 6.00. The molecule has 0 aromatic heterocycles. The zero-order valence-corrected chi connectivity index (χ0v) is 19.3. The zero-order valence-electron chi connectivity index (χ0n) is 19.3. The van der Waals surface area contributed by atoms with E-state index >= 15 is 0 Å². The van der Waals surface area contributed by atoms with Gasteiger partial charge < -0.3 is 5.32 Å². The Morgan fingerprint density at radius 2 is 1.42 bits per heavy atom. The van der Waals surface area contributed by atoms with Crippen molar-refractivity contribution in [3.63, 3.8) is 0 Å². The van der Waals surface area contributed by atoms with Crippen LogP contribution in [0.2, 0.25) is 0 Å². The van der Waals surface area contributed by atoms with Crippen LogP contribution in [0.1, 0.15) is 57.4 Å². The first-order chi connectivity index (χ1) is 16.0. The van der Waals surface area contributed by atoms with Gasteiger partial charge in [0.2, 0.25) is 11.8 Å². The maximum Gasteiger partial charge on any atom is 0.244 e. The molecule has 4 bridgehead atoms. The van der Waals surface area contributed by atoms with Crippen LogP contribution >= 0.6 is 0 Å². The van der Waals surface area contributed by atoms with Crippen molar-refractivity contribution in [2.75, 3.05) is 0 Å². The van der Waals surface area contributed by atoms with E-state index in [4.69, 9.17) is 0 Å². The van der Waals surface area contributed by atoms with Gasteiger partial charge in [-0.15, -0.1) is 0 Å². The second-order valence-electron chi connectivity index (χ2n) is 10.5. The highest BCUT2D eigenvalue weighted by atomic mass is 16.2. The lowest BCUT2D eigenvalue weighted by atomic mass is 9.53. The van der Waals surface area contributed by atoms with Gasteiger partial charge in [-0.2, -0.15) is 5.10 Å². The number of nitrogens with zero attached hydrogens (tertiary/aromatic N) is 1. The van der Waals surface area contributed by atoms with Crippen LogP contribution in [0.3, 0.4) is 0 Å². The van der Waals surface area contributed by atoms with Crippen molar-refractivity contribution in [1.29, 1.82) is 0 Å². The van der Waals surface area contributed by atoms with Crippen LogP contribution in [-0.2, 0) is 16.0 Å². The molecule has 6 rings (SSSR count). The molecule has 2 N–H and O–H groups in total. The van der Waals surface area contributed by atoms with Crippen molar-refractivity contribution < 1.29 is 9.59 Å². The summed E-state index contributed by atoms with van der Waals surface area (Å²) in [6, 6.07) is 18.2. The summed E-state index contributed by atoms with van der Waals surface area (Å²) in [7, 11) is 0. The van der Waals surface area contributed by atoms with Gasteiger partial charge in [0.05, 0.1) is 12.8 Å². The second-order valence-corrected chi connectivity index (χ2v) is 10.5. The number of benzene rings is 2. The van der Waals surface area contributed by atoms with Crippen molar-refractivity contribution >= 4 is 17.5 Å². The maximum atomic E-state index is 12.7. The van der Waals surface area contributed by atoms with Crippen LogP contribution in [0.5, 0.6) is 0 Å². The Balaban J connectivity index is 1.10. The van der Waals surface area contributed by atoms with Gasteiger partial charge in [-0.25, -0.2) is 5.43 Å². The van der Waals surface area contributed by atoms with Crippen LogP contribution in [-0.4, -0.2) is 23.1 Å². The number of carbonyl (C=O) groups excluding carboxylic acids is 2. The fraction of sp³-hybridized carbons (Fsp3) is 0.464. The van der Waals surface area contributed by atoms with Gasteiger partial charge in [-0.3, -0.25) is 9.59 Å². The summed E-state index contributed by atoms with van der Waals surface area (Å²) in [5.41, 5.74) is 6.46. The largest absolute Gasteiger partial charge is 0.350 e. The minimum absolute atomic E-state index is 0.0152. The summed E-state index contributed by atoms with van der Waals surface area (Å²) in [5.74, 6) is 2.25. The molecule has 0 saturated heterocycles. The molecule has 4 fully saturated rings. The number of nitrogens with one attached hydrogen (secondary N) is 2. The molecule has 0 atom stereocenters. The van der Waals surface area contributed by atoms with E-state index in [2.05, 4.69) is 28.0 Å². The molecule has 33 heavy (non-hydrogen) atoms. The number of carbonyl (C=O) groups is 2. The predicted octanol–water partition coefficient (Wildman–Crippen LogP) is 4.86. The summed E-state index contributed by atoms with van der Waals surface area (Å²) < 4.78 is 0. The first-order valence-electron chi connectivity index (χ1n) is 12.2. The second kappa shape index (κ2) is 9.12. The fourth-order valence-corrected chi connectivity index (χ4v) is 6.70. The van der Waals surface area contributed by atoms with E-state index < -0.39 is 0 Å². The van der Waals surface area contributed by atoms with Gasteiger partial charge in [-0.1, -0.05) is 54.6 Å². The third-order valence-corrected chi connectivity index (χ3v) is 7.66. The number of hydrazone groups is 1. The van der Waals surface area contributed by atoms with E-state index in [0.29, 0.717) is 5.71 Å². The van der Waals surface area contributed by atoms with Gasteiger partial charge in [0, 0.05) is 11.3 Å². The van der Waals surface area contributed by atoms with Crippen LogP contribution < -0.4 is 10.7 Å². The molecule has 5 heteroatoms. The number of hydrogen-bond acceptors (Lipinski definition) is 3. The van der Waals surface area contributed by atoms with E-state index in [0.717, 1.165) is 53.7 Å². The molecule has 0 spiro atoms. The molecule has 0 radical (unpaired) electrons. The number of rotatable bonds is 7. The topological polar surface area (TPSA) is 70.6 Å². The SMILES string of the molecule is C/C(CC(=O)NC12CC3CC(CC(C3)C1)C2)=N\NC(=O)Cc1ccc(-c2ccccc2)cc1. The minimum atomic E-state index is -0.177. The molecular formula is C28H33N3O2. The van der Waals surface area contributed by atoms with Crippen molar-refractivity contribution in [3.8, 4) is 11.1 Å². The summed E-state index contributed by atoms with van der Waals surface area (Å²) in [6.45, 7) is 1.80. The number of amides is 2. The minimum Gasteiger partial charge on any atom is -0.350 e. The Labute approximate surface area is 196 Å². The van der Waals surface area contributed by atoms with Crippen LogP contribution in [0.15, 0.2) is 59.7 Å². The van der Waals surface area contributed by atoms with Crippen LogP contribution in [0.4, 0.5) is 0 Å². The van der Waals surface area contributed by atoms with Crippen LogP contribution in [0.25, 0.3) is 11.1 Å². The van der Waals surface area contributed by atoms with E-state index in [9.17, 15) is 9.59 Å². The molecule has 4 aliphatic carbocycles. The Morgan fingerprint density at radius 3 is 2.03 bits per heavy atom. The van der Waals surface area contributed by atoms with Crippen molar-refractivity contribution in [2.45, 2.75) is 63.8 Å². The van der Waals surface area contributed by atoms with E-state index in [1.807, 2.05) is 42.5 Å². The van der Waals surface area contributed by atoms with Gasteiger partial charge in [0.1, 0.15) is 0 Å². The summed E-state index contributed by atoms with van der Waals surface area (Å²) >= 11 is 0. The molecule has 4 aliphatic rings. The molecular weight excluding hydrogens is 410 g/mol. The van der Waals surface area contributed by atoms with Crippen molar-refractivity contribution in [2.24, 2.45) is 22.9 Å². The van der Waals surface area contributed by atoms with Gasteiger partial charge >= 0.3 is 0 Å². The summed E-state index contributed by atoms with van der Waals surface area (Å²) in [5, 5.41) is 7.55. The highest BCUT2D eigenvalue weighted by Gasteiger charge is 2.51. The molecule has 2 aromatic rings. The Bertz CT molecular complexity index is 1010. The molecule has 5 nitrogen and oxygen atoms in total. The predicted molar refractivity (Wildman–Crippen MR) is 130 cm³/mol. The monoisotopic (exact) mass is 443 g/mol. The average molecular weight is 444 g/mol. The van der Waals surface area contributed by atoms with Gasteiger partial charge in [0.25, 0.3) is 0 Å². The Morgan fingerprint density at radius 1 is 0.848 bits per heavy atom. The molecule has 0 aliphatic heterocycles. The van der Waals surface area contributed by atoms with E-state index in [1.54, 1.807) is 6.92 Å². The third-order valence-electron chi connectivity index (χ3n) is 7.66. The molecule has 0 unspecified atom stereocenters. The van der Waals surface area contributed by atoms with Crippen molar-refractivity contribution in [3.05, 3.63) is 60.2 Å². The lowest BCUT2D eigenvalue weighted by Gasteiger charge is -2.56. The van der Waals surface area contributed by atoms with Crippen LogP contribution in [0, 0.1) is 17.8 Å². The zero-order chi connectivity index (χ0) is 22.8. The normalized spacial score (nSPS) is 27.9. The fourth-order valence-electron chi connectivity index (χ4n) is 6.70. The summed E-state index contributed by atoms with van der Waals surface area (Å²) in [6.07, 6.45) is 7.98. The Kier molecular flexibility index (Phi) is 6.05. The first kappa shape index (κ1) is 21.9. The average Bonchev–Trinajstić information content (AvgIpc) is 2.77. The summed E-state index contributed by atoms with van der Waals surface area (Å²) in [4.78, 5) is 25.1. The molecule has 2 aromatic carbocycles. The van der Waals surface area contributed by atoms with E-state index in [1.165, 1.54) is 19.3 Å². The number of hydrogen-bond donors (Lipinski definition) is 2. The smallest absolute Gasteiger partial charge is 0.244 e. The first-order valence-corrected chi connectivity index (χ1v) is 12.2. The van der Waals surface area contributed by atoms with Crippen molar-refractivity contribution in [1.82, 2.24) is 10.7 Å². The molecule has 0 heterocycles. The highest BCUT2D eigenvalue weighted by Crippen LogP contribution is 2.55. The third kappa shape index (κ3) is 5.18. The van der Waals surface area contributed by atoms with Gasteiger partial charge in [0.15, 0.2) is 0 Å². The van der Waals surface area contributed by atoms with E-state index in [-0.39, 0.29) is 30.2 Å². The van der Waals surface area contributed by atoms with Gasteiger partial charge in [-0.05, 0) is 79.9 Å².